The predicted molar refractivity (Wildman–Crippen MR) is 85.6 cm³/mol. The van der Waals surface area contributed by atoms with Crippen LogP contribution in [-0.2, 0) is 6.18 Å². The molecule has 1 heterocycles. The molecule has 2 nitrogen and oxygen atoms in total. The Balaban J connectivity index is 1.96. The van der Waals surface area contributed by atoms with Gasteiger partial charge in [0, 0.05) is 37.2 Å². The van der Waals surface area contributed by atoms with Crippen molar-refractivity contribution >= 4 is 11.6 Å². The number of nitrogens with zero attached hydrogens (tertiary/aromatic N) is 1. The zero-order valence-corrected chi connectivity index (χ0v) is 13.8. The maximum atomic E-state index is 13.1. The second-order valence-corrected chi connectivity index (χ2v) is 6.98. The summed E-state index contributed by atoms with van der Waals surface area (Å²) in [7, 11) is 0. The Morgan fingerprint density at radius 1 is 1.09 bits per heavy atom. The van der Waals surface area contributed by atoms with Crippen LogP contribution in [0.5, 0.6) is 0 Å². The van der Waals surface area contributed by atoms with Crippen LogP contribution in [0.3, 0.4) is 0 Å². The molecule has 2 aliphatic rings. The van der Waals surface area contributed by atoms with Crippen molar-refractivity contribution in [1.29, 1.82) is 0 Å². The SMILES string of the molecule is FC(F)(F)c1cc(Cl)cc([C@@H](C2CCCC2)N2CCNCC2)c1. The number of rotatable bonds is 3. The number of piperazine rings is 1. The quantitative estimate of drug-likeness (QED) is 0.867. The average molecular weight is 347 g/mol. The minimum absolute atomic E-state index is 0.0411. The molecule has 6 heteroatoms. The van der Waals surface area contributed by atoms with E-state index in [0.29, 0.717) is 5.92 Å². The molecule has 0 aromatic heterocycles. The molecular weight excluding hydrogens is 325 g/mol. The van der Waals surface area contributed by atoms with E-state index < -0.39 is 11.7 Å². The largest absolute Gasteiger partial charge is 0.416 e. The first-order valence-electron chi connectivity index (χ1n) is 8.27. The van der Waals surface area contributed by atoms with Gasteiger partial charge in [0.1, 0.15) is 0 Å². The third-order valence-electron chi connectivity index (χ3n) is 4.98. The first kappa shape index (κ1) is 17.1. The summed E-state index contributed by atoms with van der Waals surface area (Å²) < 4.78 is 39.4. The molecule has 0 spiro atoms. The molecule has 1 aromatic carbocycles. The number of hydrogen-bond donors (Lipinski definition) is 1. The first-order valence-corrected chi connectivity index (χ1v) is 8.65. The molecule has 1 saturated carbocycles. The highest BCUT2D eigenvalue weighted by atomic mass is 35.5. The van der Waals surface area contributed by atoms with Crippen LogP contribution < -0.4 is 5.32 Å². The number of hydrogen-bond acceptors (Lipinski definition) is 2. The molecule has 1 aliphatic carbocycles. The molecule has 1 atom stereocenters. The van der Waals surface area contributed by atoms with Gasteiger partial charge in [-0.3, -0.25) is 4.90 Å². The van der Waals surface area contributed by atoms with Gasteiger partial charge in [0.25, 0.3) is 0 Å². The standard InChI is InChI=1S/C17H22ClF3N2/c18-15-10-13(9-14(11-15)17(19,20)21)16(12-3-1-2-4-12)23-7-5-22-6-8-23/h9-12,16,22H,1-8H2/t16-/m1/s1. The molecule has 23 heavy (non-hydrogen) atoms. The van der Waals surface area contributed by atoms with Crippen LogP contribution in [0, 0.1) is 5.92 Å². The Labute approximate surface area is 140 Å². The smallest absolute Gasteiger partial charge is 0.314 e. The van der Waals surface area contributed by atoms with E-state index in [9.17, 15) is 13.2 Å². The fourth-order valence-corrected chi connectivity index (χ4v) is 4.20. The summed E-state index contributed by atoms with van der Waals surface area (Å²) in [6, 6.07) is 4.09. The Hall–Kier alpha value is -0.780. The maximum Gasteiger partial charge on any atom is 0.416 e. The molecule has 0 amide bonds. The Bertz CT molecular complexity index is 535. The second kappa shape index (κ2) is 6.99. The van der Waals surface area contributed by atoms with Gasteiger partial charge >= 0.3 is 6.18 Å². The van der Waals surface area contributed by atoms with Gasteiger partial charge in [0.2, 0.25) is 0 Å². The summed E-state index contributed by atoms with van der Waals surface area (Å²) in [4.78, 5) is 2.33. The molecule has 128 valence electrons. The number of nitrogens with one attached hydrogen (secondary N) is 1. The molecule has 1 saturated heterocycles. The van der Waals surface area contributed by atoms with Crippen LogP contribution in [0.1, 0.15) is 42.9 Å². The number of halogens is 4. The molecule has 1 aromatic rings. The van der Waals surface area contributed by atoms with Crippen LogP contribution in [0.25, 0.3) is 0 Å². The van der Waals surface area contributed by atoms with E-state index in [1.165, 1.54) is 18.9 Å². The normalized spacial score (nSPS) is 22.4. The van der Waals surface area contributed by atoms with E-state index >= 15 is 0 Å². The van der Waals surface area contributed by atoms with E-state index in [1.807, 2.05) is 0 Å². The third-order valence-corrected chi connectivity index (χ3v) is 5.20. The molecule has 1 aliphatic heterocycles. The van der Waals surface area contributed by atoms with Crippen molar-refractivity contribution in [1.82, 2.24) is 10.2 Å². The van der Waals surface area contributed by atoms with Gasteiger partial charge in [-0.2, -0.15) is 13.2 Å². The average Bonchev–Trinajstić information content (AvgIpc) is 3.01. The molecule has 1 N–H and O–H groups in total. The van der Waals surface area contributed by atoms with E-state index in [2.05, 4.69) is 10.2 Å². The van der Waals surface area contributed by atoms with Crippen LogP contribution >= 0.6 is 11.6 Å². The van der Waals surface area contributed by atoms with Crippen molar-refractivity contribution in [2.24, 2.45) is 5.92 Å². The highest BCUT2D eigenvalue weighted by Crippen LogP contribution is 2.42. The van der Waals surface area contributed by atoms with Gasteiger partial charge < -0.3 is 5.32 Å². The zero-order valence-electron chi connectivity index (χ0n) is 13.0. The Morgan fingerprint density at radius 3 is 2.35 bits per heavy atom. The fraction of sp³-hybridized carbons (Fsp3) is 0.647. The highest BCUT2D eigenvalue weighted by molar-refractivity contribution is 6.30. The molecule has 0 radical (unpaired) electrons. The molecular formula is C17H22ClF3N2. The summed E-state index contributed by atoms with van der Waals surface area (Å²) in [5, 5.41) is 3.48. The zero-order chi connectivity index (χ0) is 16.4. The summed E-state index contributed by atoms with van der Waals surface area (Å²) >= 11 is 6.01. The summed E-state index contributed by atoms with van der Waals surface area (Å²) in [6.45, 7) is 3.51. The summed E-state index contributed by atoms with van der Waals surface area (Å²) in [5.41, 5.74) is 0.0803. The first-order chi connectivity index (χ1) is 10.9. The Morgan fingerprint density at radius 2 is 1.74 bits per heavy atom. The van der Waals surface area contributed by atoms with Crippen LogP contribution in [0.15, 0.2) is 18.2 Å². The summed E-state index contributed by atoms with van der Waals surface area (Å²) in [5.74, 6) is 0.424. The van der Waals surface area contributed by atoms with Crippen LogP contribution in [-0.4, -0.2) is 31.1 Å². The minimum atomic E-state index is -4.36. The van der Waals surface area contributed by atoms with Crippen molar-refractivity contribution in [3.8, 4) is 0 Å². The second-order valence-electron chi connectivity index (χ2n) is 6.55. The fourth-order valence-electron chi connectivity index (χ4n) is 3.96. The Kier molecular flexibility index (Phi) is 5.19. The van der Waals surface area contributed by atoms with Crippen molar-refractivity contribution in [2.45, 2.75) is 37.9 Å². The van der Waals surface area contributed by atoms with Gasteiger partial charge in [0.05, 0.1) is 5.56 Å². The van der Waals surface area contributed by atoms with E-state index in [1.54, 1.807) is 6.07 Å². The third kappa shape index (κ3) is 4.01. The summed E-state index contributed by atoms with van der Waals surface area (Å²) in [6.07, 6.45) is 0.147. The monoisotopic (exact) mass is 346 g/mol. The lowest BCUT2D eigenvalue weighted by molar-refractivity contribution is -0.137. The molecule has 2 fully saturated rings. The van der Waals surface area contributed by atoms with Crippen molar-refractivity contribution in [3.63, 3.8) is 0 Å². The topological polar surface area (TPSA) is 15.3 Å². The van der Waals surface area contributed by atoms with Gasteiger partial charge in [-0.25, -0.2) is 0 Å². The van der Waals surface area contributed by atoms with E-state index in [0.717, 1.165) is 50.7 Å². The maximum absolute atomic E-state index is 13.1. The lowest BCUT2D eigenvalue weighted by Crippen LogP contribution is -2.46. The molecule has 3 rings (SSSR count). The molecule has 0 unspecified atom stereocenters. The lowest BCUT2D eigenvalue weighted by atomic mass is 9.89. The van der Waals surface area contributed by atoms with Gasteiger partial charge in [0.15, 0.2) is 0 Å². The van der Waals surface area contributed by atoms with E-state index in [4.69, 9.17) is 11.6 Å². The number of alkyl halides is 3. The van der Waals surface area contributed by atoms with Crippen LogP contribution in [0.2, 0.25) is 5.02 Å². The van der Waals surface area contributed by atoms with Gasteiger partial charge in [-0.05, 0) is 42.5 Å². The molecule has 0 bridgehead atoms. The highest BCUT2D eigenvalue weighted by Gasteiger charge is 2.35. The van der Waals surface area contributed by atoms with Crippen molar-refractivity contribution < 1.29 is 13.2 Å². The predicted octanol–water partition coefficient (Wildman–Crippen LogP) is 4.50. The van der Waals surface area contributed by atoms with Crippen molar-refractivity contribution in [2.75, 3.05) is 26.2 Å². The number of benzene rings is 1. The van der Waals surface area contributed by atoms with Gasteiger partial charge in [-0.15, -0.1) is 0 Å². The van der Waals surface area contributed by atoms with Gasteiger partial charge in [-0.1, -0.05) is 24.4 Å². The lowest BCUT2D eigenvalue weighted by Gasteiger charge is -2.39. The van der Waals surface area contributed by atoms with Crippen molar-refractivity contribution in [3.05, 3.63) is 34.3 Å². The minimum Gasteiger partial charge on any atom is -0.314 e. The van der Waals surface area contributed by atoms with E-state index in [-0.39, 0.29) is 11.1 Å². The van der Waals surface area contributed by atoms with Crippen LogP contribution in [0.4, 0.5) is 13.2 Å².